The lowest BCUT2D eigenvalue weighted by Gasteiger charge is -2.13. The van der Waals surface area contributed by atoms with Gasteiger partial charge in [0, 0.05) is 11.0 Å². The monoisotopic (exact) mass is 349 g/mol. The molecule has 0 spiro atoms. The second-order valence-corrected chi connectivity index (χ2v) is 5.62. The molecule has 21 heavy (non-hydrogen) atoms. The van der Waals surface area contributed by atoms with Crippen LogP contribution in [0.3, 0.4) is 0 Å². The van der Waals surface area contributed by atoms with Crippen molar-refractivity contribution in [2.24, 2.45) is 0 Å². The normalized spacial score (nSPS) is 10.4. The molecular formula is C16H20BrN3O. The summed E-state index contributed by atoms with van der Waals surface area (Å²) in [5, 5.41) is 3.32. The Balaban J connectivity index is 2.12. The number of rotatable bonds is 7. The summed E-state index contributed by atoms with van der Waals surface area (Å²) >= 11 is 3.47. The zero-order valence-corrected chi connectivity index (χ0v) is 14.0. The first-order valence-corrected chi connectivity index (χ1v) is 7.98. The zero-order chi connectivity index (χ0) is 15.1. The number of anilines is 1. The van der Waals surface area contributed by atoms with E-state index in [1.54, 1.807) is 6.33 Å². The molecule has 2 rings (SSSR count). The van der Waals surface area contributed by atoms with Crippen LogP contribution in [-0.4, -0.2) is 16.5 Å². The van der Waals surface area contributed by atoms with Crippen molar-refractivity contribution in [1.29, 1.82) is 0 Å². The van der Waals surface area contributed by atoms with Gasteiger partial charge in [-0.15, -0.1) is 0 Å². The van der Waals surface area contributed by atoms with Gasteiger partial charge in [-0.25, -0.2) is 9.97 Å². The van der Waals surface area contributed by atoms with Crippen LogP contribution in [0.4, 0.5) is 5.82 Å². The highest BCUT2D eigenvalue weighted by Gasteiger charge is 2.10. The molecule has 0 radical (unpaired) electrons. The largest absolute Gasteiger partial charge is 0.472 e. The van der Waals surface area contributed by atoms with Gasteiger partial charge < -0.3 is 10.1 Å². The Labute approximate surface area is 134 Å². The van der Waals surface area contributed by atoms with E-state index in [1.807, 2.05) is 24.3 Å². The van der Waals surface area contributed by atoms with Gasteiger partial charge in [0.1, 0.15) is 18.8 Å². The van der Waals surface area contributed by atoms with E-state index in [0.29, 0.717) is 12.5 Å². The van der Waals surface area contributed by atoms with Crippen LogP contribution in [0, 0.1) is 0 Å². The van der Waals surface area contributed by atoms with Crippen molar-refractivity contribution in [1.82, 2.24) is 9.97 Å². The Hall–Kier alpha value is -1.62. The Morgan fingerprint density at radius 1 is 1.24 bits per heavy atom. The molecule has 0 fully saturated rings. The molecule has 0 aliphatic heterocycles. The molecule has 0 amide bonds. The molecule has 0 bridgehead atoms. The second kappa shape index (κ2) is 7.98. The third-order valence-corrected chi connectivity index (χ3v) is 3.56. The van der Waals surface area contributed by atoms with Crippen LogP contribution >= 0.6 is 15.9 Å². The van der Waals surface area contributed by atoms with E-state index >= 15 is 0 Å². The SMILES string of the molecule is CCCNc1ncnc(OCc2cccc(Br)c2)c1CC. The molecule has 0 saturated carbocycles. The predicted molar refractivity (Wildman–Crippen MR) is 88.7 cm³/mol. The van der Waals surface area contributed by atoms with Gasteiger partial charge in [-0.05, 0) is 30.5 Å². The van der Waals surface area contributed by atoms with Crippen LogP contribution in [0.25, 0.3) is 0 Å². The summed E-state index contributed by atoms with van der Waals surface area (Å²) in [5.74, 6) is 1.53. The highest BCUT2D eigenvalue weighted by molar-refractivity contribution is 9.10. The highest BCUT2D eigenvalue weighted by atomic mass is 79.9. The van der Waals surface area contributed by atoms with Crippen molar-refractivity contribution in [3.05, 3.63) is 46.2 Å². The molecule has 0 saturated heterocycles. The molecule has 1 heterocycles. The third-order valence-electron chi connectivity index (χ3n) is 3.07. The summed E-state index contributed by atoms with van der Waals surface area (Å²) in [6.07, 6.45) is 3.44. The summed E-state index contributed by atoms with van der Waals surface area (Å²) in [6, 6.07) is 8.08. The minimum atomic E-state index is 0.497. The molecule has 0 unspecified atom stereocenters. The van der Waals surface area contributed by atoms with Crippen molar-refractivity contribution < 1.29 is 4.74 Å². The molecule has 1 N–H and O–H groups in total. The van der Waals surface area contributed by atoms with Crippen LogP contribution in [0.2, 0.25) is 0 Å². The highest BCUT2D eigenvalue weighted by Crippen LogP contribution is 2.23. The smallest absolute Gasteiger partial charge is 0.222 e. The Morgan fingerprint density at radius 3 is 2.81 bits per heavy atom. The third kappa shape index (κ3) is 4.43. The van der Waals surface area contributed by atoms with Crippen LogP contribution in [0.15, 0.2) is 35.1 Å². The Kier molecular flexibility index (Phi) is 5.99. The lowest BCUT2D eigenvalue weighted by atomic mass is 10.2. The van der Waals surface area contributed by atoms with Gasteiger partial charge in [0.2, 0.25) is 5.88 Å². The van der Waals surface area contributed by atoms with E-state index in [9.17, 15) is 0 Å². The lowest BCUT2D eigenvalue weighted by Crippen LogP contribution is -2.08. The van der Waals surface area contributed by atoms with Gasteiger partial charge in [-0.1, -0.05) is 41.9 Å². The van der Waals surface area contributed by atoms with E-state index in [0.717, 1.165) is 40.8 Å². The number of hydrogen-bond acceptors (Lipinski definition) is 4. The zero-order valence-electron chi connectivity index (χ0n) is 12.4. The maximum absolute atomic E-state index is 5.88. The van der Waals surface area contributed by atoms with E-state index in [-0.39, 0.29) is 0 Å². The van der Waals surface area contributed by atoms with Crippen LogP contribution in [0.1, 0.15) is 31.4 Å². The minimum absolute atomic E-state index is 0.497. The standard InChI is InChI=1S/C16H20BrN3O/c1-3-8-18-15-14(4-2)16(20-11-19-15)21-10-12-6-5-7-13(17)9-12/h5-7,9,11H,3-4,8,10H2,1-2H3,(H,18,19,20). The fourth-order valence-electron chi connectivity index (χ4n) is 2.01. The number of benzene rings is 1. The summed E-state index contributed by atoms with van der Waals surface area (Å²) in [4.78, 5) is 8.58. The quantitative estimate of drug-likeness (QED) is 0.813. The summed E-state index contributed by atoms with van der Waals surface area (Å²) in [6.45, 7) is 5.61. The maximum Gasteiger partial charge on any atom is 0.222 e. The number of nitrogens with zero attached hydrogens (tertiary/aromatic N) is 2. The van der Waals surface area contributed by atoms with Crippen LogP contribution in [0.5, 0.6) is 5.88 Å². The average Bonchev–Trinajstić information content (AvgIpc) is 2.50. The average molecular weight is 350 g/mol. The van der Waals surface area contributed by atoms with E-state index < -0.39 is 0 Å². The van der Waals surface area contributed by atoms with Gasteiger partial charge in [0.25, 0.3) is 0 Å². The number of ether oxygens (including phenoxy) is 1. The second-order valence-electron chi connectivity index (χ2n) is 4.70. The Morgan fingerprint density at radius 2 is 2.10 bits per heavy atom. The molecule has 0 atom stereocenters. The number of hydrogen-bond donors (Lipinski definition) is 1. The molecule has 5 heteroatoms. The summed E-state index contributed by atoms with van der Waals surface area (Å²) < 4.78 is 6.93. The van der Waals surface area contributed by atoms with Crippen molar-refractivity contribution >= 4 is 21.7 Å². The number of halogens is 1. The van der Waals surface area contributed by atoms with Crippen LogP contribution in [-0.2, 0) is 13.0 Å². The van der Waals surface area contributed by atoms with Crippen LogP contribution < -0.4 is 10.1 Å². The number of nitrogens with one attached hydrogen (secondary N) is 1. The number of aromatic nitrogens is 2. The summed E-state index contributed by atoms with van der Waals surface area (Å²) in [7, 11) is 0. The maximum atomic E-state index is 5.88. The summed E-state index contributed by atoms with van der Waals surface area (Å²) in [5.41, 5.74) is 2.13. The molecule has 0 aliphatic carbocycles. The topological polar surface area (TPSA) is 47.0 Å². The van der Waals surface area contributed by atoms with Crippen molar-refractivity contribution in [2.75, 3.05) is 11.9 Å². The minimum Gasteiger partial charge on any atom is -0.472 e. The molecule has 4 nitrogen and oxygen atoms in total. The van der Waals surface area contributed by atoms with Crippen molar-refractivity contribution in [3.8, 4) is 5.88 Å². The molecule has 0 aliphatic rings. The van der Waals surface area contributed by atoms with Gasteiger partial charge in [-0.3, -0.25) is 0 Å². The van der Waals surface area contributed by atoms with Gasteiger partial charge in [-0.2, -0.15) is 0 Å². The fourth-order valence-corrected chi connectivity index (χ4v) is 2.46. The lowest BCUT2D eigenvalue weighted by molar-refractivity contribution is 0.290. The molecule has 1 aromatic heterocycles. The first-order valence-electron chi connectivity index (χ1n) is 7.19. The van der Waals surface area contributed by atoms with Gasteiger partial charge in [0.05, 0.1) is 5.56 Å². The van der Waals surface area contributed by atoms with Crippen molar-refractivity contribution in [2.45, 2.75) is 33.3 Å². The van der Waals surface area contributed by atoms with Gasteiger partial charge >= 0.3 is 0 Å². The first kappa shape index (κ1) is 15.8. The molecule has 1 aromatic carbocycles. The molecule has 2 aromatic rings. The van der Waals surface area contributed by atoms with E-state index in [2.05, 4.69) is 45.1 Å². The molecule has 112 valence electrons. The predicted octanol–water partition coefficient (Wildman–Crippen LogP) is 4.20. The van der Waals surface area contributed by atoms with Crippen molar-refractivity contribution in [3.63, 3.8) is 0 Å². The van der Waals surface area contributed by atoms with Gasteiger partial charge in [0.15, 0.2) is 0 Å². The first-order chi connectivity index (χ1) is 10.2. The van der Waals surface area contributed by atoms with E-state index in [1.165, 1.54) is 0 Å². The van der Waals surface area contributed by atoms with E-state index in [4.69, 9.17) is 4.74 Å². The fraction of sp³-hybridized carbons (Fsp3) is 0.375. The molecular weight excluding hydrogens is 330 g/mol. The Bertz CT molecular complexity index is 589.